The summed E-state index contributed by atoms with van der Waals surface area (Å²) in [7, 11) is 0. The monoisotopic (exact) mass is 236 g/mol. The Labute approximate surface area is 104 Å². The fourth-order valence-corrected chi connectivity index (χ4v) is 4.68. The first-order valence-electron chi connectivity index (χ1n) is 7.06. The lowest BCUT2D eigenvalue weighted by molar-refractivity contribution is -0.632. The molecule has 17 heavy (non-hydrogen) atoms. The van der Waals surface area contributed by atoms with Gasteiger partial charge in [-0.05, 0) is 62.9 Å². The first-order chi connectivity index (χ1) is 7.86. The molecule has 0 aromatic heterocycles. The van der Waals surface area contributed by atoms with E-state index in [1.807, 2.05) is 20.8 Å². The SMILES string of the molecule is CC(C)(C)N=[N+]([O-])C12CC3CC(CC(C3)C1)C2. The molecule has 0 heterocycles. The molecular formula is C14H24N2O. The average Bonchev–Trinajstić information content (AvgIpc) is 2.12. The lowest BCUT2D eigenvalue weighted by Crippen LogP contribution is -2.55. The molecule has 4 bridgehead atoms. The molecule has 3 heteroatoms. The van der Waals surface area contributed by atoms with Crippen molar-refractivity contribution < 1.29 is 4.86 Å². The highest BCUT2D eigenvalue weighted by Gasteiger charge is 2.57. The second-order valence-corrected chi connectivity index (χ2v) is 7.69. The molecule has 0 saturated heterocycles. The standard InChI is InChI=1S/C14H24N2O/c1-13(2,3)15-16(17)14-7-10-4-11(8-14)6-12(5-10)9-14/h10-12H,4-9H2,1-3H3. The van der Waals surface area contributed by atoms with E-state index in [0.29, 0.717) is 0 Å². The molecule has 0 aliphatic heterocycles. The van der Waals surface area contributed by atoms with Crippen molar-refractivity contribution in [2.75, 3.05) is 0 Å². The molecule has 0 unspecified atom stereocenters. The molecule has 4 saturated carbocycles. The van der Waals surface area contributed by atoms with Crippen LogP contribution in [0.1, 0.15) is 59.3 Å². The number of nitrogens with zero attached hydrogens (tertiary/aromatic N) is 2. The molecular weight excluding hydrogens is 212 g/mol. The van der Waals surface area contributed by atoms with E-state index in [2.05, 4.69) is 5.11 Å². The van der Waals surface area contributed by atoms with Gasteiger partial charge in [-0.1, -0.05) is 4.86 Å². The molecule has 4 rings (SSSR count). The molecule has 4 aliphatic rings. The van der Waals surface area contributed by atoms with Gasteiger partial charge in [0.05, 0.1) is 0 Å². The molecule has 0 amide bonds. The van der Waals surface area contributed by atoms with E-state index in [9.17, 15) is 5.21 Å². The van der Waals surface area contributed by atoms with Gasteiger partial charge in [-0.25, -0.2) is 0 Å². The van der Waals surface area contributed by atoms with Gasteiger partial charge in [0.2, 0.25) is 0 Å². The van der Waals surface area contributed by atoms with Gasteiger partial charge >= 0.3 is 0 Å². The van der Waals surface area contributed by atoms with Crippen molar-refractivity contribution >= 4 is 0 Å². The number of hydrogen-bond acceptors (Lipinski definition) is 2. The van der Waals surface area contributed by atoms with Crippen molar-refractivity contribution in [3.05, 3.63) is 5.21 Å². The third kappa shape index (κ3) is 1.98. The first-order valence-corrected chi connectivity index (χ1v) is 7.06. The van der Waals surface area contributed by atoms with E-state index in [4.69, 9.17) is 0 Å². The Balaban J connectivity index is 1.89. The van der Waals surface area contributed by atoms with Gasteiger partial charge in [0.15, 0.2) is 5.54 Å². The molecule has 96 valence electrons. The summed E-state index contributed by atoms with van der Waals surface area (Å²) < 4.78 is 0. The van der Waals surface area contributed by atoms with Crippen molar-refractivity contribution in [2.24, 2.45) is 22.9 Å². The fourth-order valence-electron chi connectivity index (χ4n) is 4.68. The quantitative estimate of drug-likeness (QED) is 0.388. The van der Waals surface area contributed by atoms with Crippen LogP contribution in [0.25, 0.3) is 0 Å². The number of rotatable bonds is 1. The van der Waals surface area contributed by atoms with Crippen LogP contribution < -0.4 is 0 Å². The largest absolute Gasteiger partial charge is 0.599 e. The Hall–Kier alpha value is -0.600. The summed E-state index contributed by atoms with van der Waals surface area (Å²) in [6, 6.07) is 0. The lowest BCUT2D eigenvalue weighted by Gasteiger charge is -2.53. The van der Waals surface area contributed by atoms with Crippen LogP contribution in [0.2, 0.25) is 0 Å². The zero-order valence-electron chi connectivity index (χ0n) is 11.3. The highest BCUT2D eigenvalue weighted by Crippen LogP contribution is 2.57. The molecule has 0 aromatic rings. The van der Waals surface area contributed by atoms with E-state index < -0.39 is 0 Å². The van der Waals surface area contributed by atoms with Gasteiger partial charge in [0.1, 0.15) is 5.54 Å². The minimum Gasteiger partial charge on any atom is -0.599 e. The molecule has 0 radical (unpaired) electrons. The third-order valence-corrected chi connectivity index (χ3v) is 4.80. The second-order valence-electron chi connectivity index (χ2n) is 7.69. The summed E-state index contributed by atoms with van der Waals surface area (Å²) in [5.41, 5.74) is -0.368. The van der Waals surface area contributed by atoms with Crippen molar-refractivity contribution in [3.8, 4) is 0 Å². The van der Waals surface area contributed by atoms with Gasteiger partial charge in [-0.3, -0.25) is 0 Å². The van der Waals surface area contributed by atoms with E-state index in [-0.39, 0.29) is 11.1 Å². The zero-order chi connectivity index (χ0) is 12.3. The molecule has 0 aromatic carbocycles. The summed E-state index contributed by atoms with van der Waals surface area (Å²) in [6.45, 7) is 6.04. The Morgan fingerprint density at radius 3 is 1.76 bits per heavy atom. The first kappa shape index (κ1) is 11.5. The minimum atomic E-state index is -0.245. The smallest absolute Gasteiger partial charge is 0.199 e. The maximum Gasteiger partial charge on any atom is 0.199 e. The maximum atomic E-state index is 12.5. The molecule has 0 atom stereocenters. The van der Waals surface area contributed by atoms with Crippen LogP contribution in [0.15, 0.2) is 5.11 Å². The second kappa shape index (κ2) is 3.46. The van der Waals surface area contributed by atoms with E-state index in [1.54, 1.807) is 0 Å². The zero-order valence-corrected chi connectivity index (χ0v) is 11.3. The van der Waals surface area contributed by atoms with E-state index >= 15 is 0 Å². The fraction of sp³-hybridized carbons (Fsp3) is 1.00. The van der Waals surface area contributed by atoms with Crippen molar-refractivity contribution in [2.45, 2.75) is 70.4 Å². The summed E-state index contributed by atoms with van der Waals surface area (Å²) in [6.07, 6.45) is 7.43. The highest BCUT2D eigenvalue weighted by molar-refractivity contribution is 5.02. The molecule has 4 fully saturated rings. The summed E-state index contributed by atoms with van der Waals surface area (Å²) in [5, 5.41) is 16.8. The van der Waals surface area contributed by atoms with Crippen LogP contribution in [0.3, 0.4) is 0 Å². The molecule has 3 nitrogen and oxygen atoms in total. The van der Waals surface area contributed by atoms with Crippen molar-refractivity contribution in [1.82, 2.24) is 0 Å². The number of hydroxylamine groups is 1. The Bertz CT molecular complexity index is 318. The summed E-state index contributed by atoms with van der Waals surface area (Å²) in [4.78, 5) is 1.12. The summed E-state index contributed by atoms with van der Waals surface area (Å²) >= 11 is 0. The van der Waals surface area contributed by atoms with Crippen LogP contribution in [0.4, 0.5) is 0 Å². The normalized spacial score (nSPS) is 45.4. The topological polar surface area (TPSA) is 38.4 Å². The average molecular weight is 236 g/mol. The maximum absolute atomic E-state index is 12.5. The van der Waals surface area contributed by atoms with Crippen LogP contribution in [-0.2, 0) is 0 Å². The van der Waals surface area contributed by atoms with Gasteiger partial charge in [-0.2, -0.15) is 0 Å². The van der Waals surface area contributed by atoms with Crippen LogP contribution >= 0.6 is 0 Å². The Morgan fingerprint density at radius 2 is 1.41 bits per heavy atom. The van der Waals surface area contributed by atoms with Gasteiger partial charge < -0.3 is 5.21 Å². The van der Waals surface area contributed by atoms with Crippen LogP contribution in [0, 0.1) is 23.0 Å². The van der Waals surface area contributed by atoms with Crippen LogP contribution in [-0.4, -0.2) is 15.9 Å². The van der Waals surface area contributed by atoms with E-state index in [0.717, 1.165) is 41.9 Å². The van der Waals surface area contributed by atoms with Crippen molar-refractivity contribution in [1.29, 1.82) is 0 Å². The minimum absolute atomic E-state index is 0.123. The lowest BCUT2D eigenvalue weighted by atomic mass is 9.53. The van der Waals surface area contributed by atoms with Crippen molar-refractivity contribution in [3.63, 3.8) is 0 Å². The predicted molar refractivity (Wildman–Crippen MR) is 66.7 cm³/mol. The van der Waals surface area contributed by atoms with E-state index in [1.165, 1.54) is 19.3 Å². The Morgan fingerprint density at radius 1 is 1.00 bits per heavy atom. The van der Waals surface area contributed by atoms with Gasteiger partial charge in [0, 0.05) is 19.3 Å². The predicted octanol–water partition coefficient (Wildman–Crippen LogP) is 3.72. The molecule has 4 aliphatic carbocycles. The Kier molecular flexibility index (Phi) is 2.34. The number of azo groups is 1. The number of hydrogen-bond donors (Lipinski definition) is 0. The molecule has 0 N–H and O–H groups in total. The summed E-state index contributed by atoms with van der Waals surface area (Å²) in [5.74, 6) is 2.44. The molecule has 0 spiro atoms. The van der Waals surface area contributed by atoms with Crippen LogP contribution in [0.5, 0.6) is 0 Å². The highest BCUT2D eigenvalue weighted by atomic mass is 16.5. The van der Waals surface area contributed by atoms with Gasteiger partial charge in [0.25, 0.3) is 0 Å². The third-order valence-electron chi connectivity index (χ3n) is 4.80. The van der Waals surface area contributed by atoms with Gasteiger partial charge in [-0.15, -0.1) is 0 Å².